The third kappa shape index (κ3) is 3.77. The van der Waals surface area contributed by atoms with E-state index in [1.165, 1.54) is 29.7 Å². The number of nitrogens with zero attached hydrogens (tertiary/aromatic N) is 1. The minimum Gasteiger partial charge on any atom is -0.411 e. The third-order valence-corrected chi connectivity index (χ3v) is 4.79. The average molecular weight is 263 g/mol. The summed E-state index contributed by atoms with van der Waals surface area (Å²) in [6, 6.07) is 8.60. The van der Waals surface area contributed by atoms with Gasteiger partial charge in [0.25, 0.3) is 0 Å². The Morgan fingerprint density at radius 2 is 1.83 bits per heavy atom. The van der Waals surface area contributed by atoms with E-state index in [1.54, 1.807) is 0 Å². The van der Waals surface area contributed by atoms with Crippen molar-refractivity contribution < 1.29 is 5.21 Å². The molecule has 0 amide bonds. The van der Waals surface area contributed by atoms with E-state index in [4.69, 9.17) is 0 Å². The SMILES string of the molecule is Cc1ccc(S[C@@H]2CCCCCC/C2=N\O)cc1. The highest BCUT2D eigenvalue weighted by molar-refractivity contribution is 8.00. The molecule has 1 aromatic rings. The van der Waals surface area contributed by atoms with Crippen molar-refractivity contribution in [2.75, 3.05) is 0 Å². The molecule has 0 radical (unpaired) electrons. The molecule has 1 atom stereocenters. The van der Waals surface area contributed by atoms with Crippen LogP contribution >= 0.6 is 11.8 Å². The first kappa shape index (κ1) is 13.5. The van der Waals surface area contributed by atoms with E-state index in [-0.39, 0.29) is 0 Å². The van der Waals surface area contributed by atoms with Crippen molar-refractivity contribution in [1.82, 2.24) is 0 Å². The summed E-state index contributed by atoms with van der Waals surface area (Å²) in [5, 5.41) is 13.1. The van der Waals surface area contributed by atoms with Crippen molar-refractivity contribution in [1.29, 1.82) is 0 Å². The molecule has 0 saturated heterocycles. The highest BCUT2D eigenvalue weighted by Crippen LogP contribution is 2.31. The molecular formula is C15H21NOS. The van der Waals surface area contributed by atoms with Crippen LogP contribution in [0.1, 0.15) is 44.1 Å². The summed E-state index contributed by atoms with van der Waals surface area (Å²) in [6.07, 6.45) is 7.04. The fraction of sp³-hybridized carbons (Fsp3) is 0.533. The van der Waals surface area contributed by atoms with Crippen LogP contribution in [0.3, 0.4) is 0 Å². The zero-order valence-electron chi connectivity index (χ0n) is 10.9. The molecule has 0 spiro atoms. The third-order valence-electron chi connectivity index (χ3n) is 3.45. The first-order valence-corrected chi connectivity index (χ1v) is 7.61. The minimum atomic E-state index is 0.345. The van der Waals surface area contributed by atoms with Crippen LogP contribution in [0, 0.1) is 6.92 Å². The van der Waals surface area contributed by atoms with Gasteiger partial charge in [-0.3, -0.25) is 0 Å². The van der Waals surface area contributed by atoms with Gasteiger partial charge in [0.15, 0.2) is 0 Å². The van der Waals surface area contributed by atoms with Crippen LogP contribution in [0.15, 0.2) is 34.3 Å². The van der Waals surface area contributed by atoms with Crippen LogP contribution in [-0.4, -0.2) is 16.2 Å². The lowest BCUT2D eigenvalue weighted by molar-refractivity contribution is 0.315. The summed E-state index contributed by atoms with van der Waals surface area (Å²) < 4.78 is 0. The van der Waals surface area contributed by atoms with Gasteiger partial charge in [-0.25, -0.2) is 0 Å². The van der Waals surface area contributed by atoms with Crippen LogP contribution in [0.4, 0.5) is 0 Å². The van der Waals surface area contributed by atoms with Crippen LogP contribution in [0.5, 0.6) is 0 Å². The molecule has 2 rings (SSSR count). The first-order valence-electron chi connectivity index (χ1n) is 6.74. The second-order valence-electron chi connectivity index (χ2n) is 4.96. The zero-order chi connectivity index (χ0) is 12.8. The number of hydrogen-bond donors (Lipinski definition) is 1. The van der Waals surface area contributed by atoms with Gasteiger partial charge in [0, 0.05) is 4.90 Å². The van der Waals surface area contributed by atoms with Gasteiger partial charge in [-0.05, 0) is 38.3 Å². The largest absolute Gasteiger partial charge is 0.411 e. The predicted octanol–water partition coefficient (Wildman–Crippen LogP) is 4.64. The van der Waals surface area contributed by atoms with Crippen LogP contribution < -0.4 is 0 Å². The molecule has 0 aromatic heterocycles. The van der Waals surface area contributed by atoms with E-state index in [9.17, 15) is 5.21 Å². The molecule has 1 aliphatic rings. The standard InChI is InChI=1S/C15H21NOS/c1-12-8-10-13(11-9-12)18-15-7-5-3-2-4-6-14(15)16-17/h8-11,15,17H,2-7H2,1H3/b16-14+/t15-/m1/s1. The Kier molecular flexibility index (Phi) is 5.12. The molecule has 0 bridgehead atoms. The maximum Gasteiger partial charge on any atom is 0.0704 e. The van der Waals surface area contributed by atoms with E-state index < -0.39 is 0 Å². The van der Waals surface area contributed by atoms with E-state index in [0.29, 0.717) is 5.25 Å². The number of hydrogen-bond acceptors (Lipinski definition) is 3. The van der Waals surface area contributed by atoms with Crippen LogP contribution in [-0.2, 0) is 0 Å². The Morgan fingerprint density at radius 3 is 2.56 bits per heavy atom. The van der Waals surface area contributed by atoms with Crippen molar-refractivity contribution in [2.24, 2.45) is 5.16 Å². The van der Waals surface area contributed by atoms with Crippen LogP contribution in [0.25, 0.3) is 0 Å². The van der Waals surface area contributed by atoms with E-state index >= 15 is 0 Å². The van der Waals surface area contributed by atoms with Gasteiger partial charge in [-0.1, -0.05) is 42.1 Å². The molecule has 1 saturated carbocycles. The summed E-state index contributed by atoms with van der Waals surface area (Å²) in [5.74, 6) is 0. The highest BCUT2D eigenvalue weighted by Gasteiger charge is 2.19. The normalized spacial score (nSPS) is 23.6. The lowest BCUT2D eigenvalue weighted by Gasteiger charge is -2.20. The summed E-state index contributed by atoms with van der Waals surface area (Å²) >= 11 is 1.84. The van der Waals surface area contributed by atoms with Crippen molar-refractivity contribution in [3.05, 3.63) is 29.8 Å². The number of rotatable bonds is 2. The van der Waals surface area contributed by atoms with Crippen LogP contribution in [0.2, 0.25) is 0 Å². The van der Waals surface area contributed by atoms with Gasteiger partial charge in [-0.2, -0.15) is 0 Å². The Hall–Kier alpha value is -0.960. The Labute approximate surface area is 113 Å². The zero-order valence-corrected chi connectivity index (χ0v) is 11.7. The average Bonchev–Trinajstić information content (AvgIpc) is 2.36. The molecule has 98 valence electrons. The maximum atomic E-state index is 9.18. The molecule has 2 nitrogen and oxygen atoms in total. The summed E-state index contributed by atoms with van der Waals surface area (Å²) in [5.41, 5.74) is 2.26. The lowest BCUT2D eigenvalue weighted by Crippen LogP contribution is -2.19. The molecular weight excluding hydrogens is 242 g/mol. The van der Waals surface area contributed by atoms with Gasteiger partial charge in [-0.15, -0.1) is 11.8 Å². The molecule has 1 aromatic carbocycles. The van der Waals surface area contributed by atoms with Crippen molar-refractivity contribution >= 4 is 17.5 Å². The fourth-order valence-corrected chi connectivity index (χ4v) is 3.55. The molecule has 0 aliphatic heterocycles. The molecule has 1 N–H and O–H groups in total. The smallest absolute Gasteiger partial charge is 0.0704 e. The molecule has 1 fully saturated rings. The monoisotopic (exact) mass is 263 g/mol. The van der Waals surface area contributed by atoms with Crippen molar-refractivity contribution in [3.63, 3.8) is 0 Å². The number of aryl methyl sites for hydroxylation is 1. The first-order chi connectivity index (χ1) is 8.79. The predicted molar refractivity (Wildman–Crippen MR) is 77.7 cm³/mol. The van der Waals surface area contributed by atoms with Gasteiger partial charge < -0.3 is 5.21 Å². The van der Waals surface area contributed by atoms with Gasteiger partial charge in [0.2, 0.25) is 0 Å². The minimum absolute atomic E-state index is 0.345. The summed E-state index contributed by atoms with van der Waals surface area (Å²) in [6.45, 7) is 2.10. The topological polar surface area (TPSA) is 32.6 Å². The Morgan fingerprint density at radius 1 is 1.11 bits per heavy atom. The number of benzene rings is 1. The fourth-order valence-electron chi connectivity index (χ4n) is 2.34. The molecule has 0 heterocycles. The molecule has 0 unspecified atom stereocenters. The van der Waals surface area contributed by atoms with Gasteiger partial charge >= 0.3 is 0 Å². The summed E-state index contributed by atoms with van der Waals surface area (Å²) in [4.78, 5) is 1.27. The van der Waals surface area contributed by atoms with E-state index in [2.05, 4.69) is 36.3 Å². The lowest BCUT2D eigenvalue weighted by atomic mass is 9.99. The second kappa shape index (κ2) is 6.83. The van der Waals surface area contributed by atoms with E-state index in [1.807, 2.05) is 11.8 Å². The molecule has 3 heteroatoms. The van der Waals surface area contributed by atoms with Crippen molar-refractivity contribution in [2.45, 2.75) is 55.6 Å². The van der Waals surface area contributed by atoms with Crippen molar-refractivity contribution in [3.8, 4) is 0 Å². The van der Waals surface area contributed by atoms with Gasteiger partial charge in [0.05, 0.1) is 11.0 Å². The molecule has 1 aliphatic carbocycles. The second-order valence-corrected chi connectivity index (χ2v) is 6.24. The number of oxime groups is 1. The maximum absolute atomic E-state index is 9.18. The quantitative estimate of drug-likeness (QED) is 0.622. The van der Waals surface area contributed by atoms with Gasteiger partial charge in [0.1, 0.15) is 0 Å². The Bertz CT molecular complexity index is 399. The highest BCUT2D eigenvalue weighted by atomic mass is 32.2. The van der Waals surface area contributed by atoms with E-state index in [0.717, 1.165) is 25.0 Å². The molecule has 18 heavy (non-hydrogen) atoms. The number of thioether (sulfide) groups is 1. The Balaban J connectivity index is 2.06. The summed E-state index contributed by atoms with van der Waals surface area (Å²) in [7, 11) is 0.